The van der Waals surface area contributed by atoms with Crippen molar-refractivity contribution >= 4 is 33.4 Å². The highest BCUT2D eigenvalue weighted by Gasteiger charge is 2.31. The van der Waals surface area contributed by atoms with Crippen LogP contribution in [0.5, 0.6) is 0 Å². The average molecular weight is 442 g/mol. The molecule has 0 spiro atoms. The van der Waals surface area contributed by atoms with Crippen molar-refractivity contribution in [1.29, 1.82) is 0 Å². The maximum absolute atomic E-state index is 12.8. The van der Waals surface area contributed by atoms with Gasteiger partial charge in [0.1, 0.15) is 0 Å². The lowest BCUT2D eigenvalue weighted by atomic mass is 9.96. The Balaban J connectivity index is 1.77. The molecule has 1 aromatic heterocycles. The molecule has 2 N–H and O–H groups in total. The van der Waals surface area contributed by atoms with Crippen LogP contribution in [0.3, 0.4) is 0 Å². The normalized spacial score (nSPS) is 20.2. The minimum atomic E-state index is -3.64. The van der Waals surface area contributed by atoms with E-state index < -0.39 is 10.0 Å². The smallest absolute Gasteiger partial charge is 0.251 e. The van der Waals surface area contributed by atoms with Crippen LogP contribution in [0.2, 0.25) is 5.02 Å². The van der Waals surface area contributed by atoms with Crippen molar-refractivity contribution in [2.75, 3.05) is 0 Å². The SMILES string of the molecule is CCCc1cc(=O)[nH]c(S[C@@H]2CCCC[C@@H]2NS(=O)(=O)c2ccc(Cl)cc2)n1. The molecule has 0 aliphatic heterocycles. The monoisotopic (exact) mass is 441 g/mol. The summed E-state index contributed by atoms with van der Waals surface area (Å²) in [5.41, 5.74) is 0.595. The fourth-order valence-corrected chi connectivity index (χ4v) is 6.11. The van der Waals surface area contributed by atoms with E-state index >= 15 is 0 Å². The number of sulfonamides is 1. The fourth-order valence-electron chi connectivity index (χ4n) is 3.32. The molecule has 1 aromatic carbocycles. The number of benzene rings is 1. The van der Waals surface area contributed by atoms with Gasteiger partial charge < -0.3 is 4.98 Å². The summed E-state index contributed by atoms with van der Waals surface area (Å²) in [5.74, 6) is 0. The molecule has 9 heteroatoms. The number of nitrogens with one attached hydrogen (secondary N) is 2. The lowest BCUT2D eigenvalue weighted by molar-refractivity contribution is 0.422. The molecule has 2 aromatic rings. The summed E-state index contributed by atoms with van der Waals surface area (Å²) >= 11 is 7.31. The molecule has 2 atom stereocenters. The minimum Gasteiger partial charge on any atom is -0.301 e. The van der Waals surface area contributed by atoms with Crippen LogP contribution in [0.15, 0.2) is 45.2 Å². The summed E-state index contributed by atoms with van der Waals surface area (Å²) in [5, 5.41) is 1.06. The zero-order valence-electron chi connectivity index (χ0n) is 15.7. The zero-order valence-corrected chi connectivity index (χ0v) is 18.0. The number of aromatic nitrogens is 2. The molecule has 6 nitrogen and oxygen atoms in total. The Labute approximate surface area is 174 Å². The summed E-state index contributed by atoms with van der Waals surface area (Å²) < 4.78 is 28.4. The standard InChI is InChI=1S/C19H24ClN3O3S2/c1-2-5-14-12-18(24)22-19(21-14)27-17-7-4-3-6-16(17)23-28(25,26)15-10-8-13(20)9-11-15/h8-12,16-17,23H,2-7H2,1H3,(H,21,22,24)/t16-,17+/m0/s1. The molecule has 1 fully saturated rings. The number of hydrogen-bond acceptors (Lipinski definition) is 5. The van der Waals surface area contributed by atoms with Crippen molar-refractivity contribution in [3.63, 3.8) is 0 Å². The minimum absolute atomic E-state index is 0.0100. The van der Waals surface area contributed by atoms with Crippen molar-refractivity contribution in [2.24, 2.45) is 0 Å². The van der Waals surface area contributed by atoms with E-state index in [4.69, 9.17) is 11.6 Å². The van der Waals surface area contributed by atoms with Gasteiger partial charge in [-0.2, -0.15) is 0 Å². The van der Waals surface area contributed by atoms with Crippen molar-refractivity contribution in [3.8, 4) is 0 Å². The van der Waals surface area contributed by atoms with E-state index in [1.807, 2.05) is 6.92 Å². The highest BCUT2D eigenvalue weighted by atomic mass is 35.5. The number of aryl methyl sites for hydroxylation is 1. The van der Waals surface area contributed by atoms with Gasteiger partial charge in [0.15, 0.2) is 5.16 Å². The summed E-state index contributed by atoms with van der Waals surface area (Å²) in [7, 11) is -3.64. The number of aromatic amines is 1. The van der Waals surface area contributed by atoms with E-state index in [9.17, 15) is 13.2 Å². The third-order valence-corrected chi connectivity index (χ3v) is 7.72. The molecule has 1 aliphatic carbocycles. The molecule has 152 valence electrons. The predicted octanol–water partition coefficient (Wildman–Crippen LogP) is 3.76. The first kappa shape index (κ1) is 21.4. The summed E-state index contributed by atoms with van der Waals surface area (Å²) in [4.78, 5) is 19.4. The first-order chi connectivity index (χ1) is 13.4. The van der Waals surface area contributed by atoms with Gasteiger partial charge in [-0.15, -0.1) is 0 Å². The van der Waals surface area contributed by atoms with Gasteiger partial charge in [-0.05, 0) is 43.5 Å². The van der Waals surface area contributed by atoms with E-state index in [2.05, 4.69) is 14.7 Å². The van der Waals surface area contributed by atoms with Gasteiger partial charge in [0.25, 0.3) is 5.56 Å². The molecule has 1 heterocycles. The maximum Gasteiger partial charge on any atom is 0.251 e. The molecular formula is C19H24ClN3O3S2. The molecule has 0 saturated heterocycles. The Morgan fingerprint density at radius 1 is 1.25 bits per heavy atom. The molecule has 28 heavy (non-hydrogen) atoms. The van der Waals surface area contributed by atoms with Gasteiger partial charge >= 0.3 is 0 Å². The summed E-state index contributed by atoms with van der Waals surface area (Å²) in [6.45, 7) is 2.04. The van der Waals surface area contributed by atoms with E-state index in [1.165, 1.54) is 30.0 Å². The second-order valence-corrected chi connectivity index (χ2v) is 10.3. The van der Waals surface area contributed by atoms with Crippen molar-refractivity contribution in [3.05, 3.63) is 51.4 Å². The summed E-state index contributed by atoms with van der Waals surface area (Å²) in [6.07, 6.45) is 5.26. The van der Waals surface area contributed by atoms with Crippen LogP contribution >= 0.6 is 23.4 Å². The lowest BCUT2D eigenvalue weighted by Gasteiger charge is -2.31. The molecule has 0 radical (unpaired) electrons. The van der Waals surface area contributed by atoms with Crippen LogP contribution in [0.4, 0.5) is 0 Å². The Bertz CT molecular complexity index is 961. The van der Waals surface area contributed by atoms with Gasteiger partial charge in [0, 0.05) is 28.1 Å². The highest BCUT2D eigenvalue weighted by molar-refractivity contribution is 7.99. The van der Waals surface area contributed by atoms with Gasteiger partial charge in [0.05, 0.1) is 4.90 Å². The molecule has 0 bridgehead atoms. The fraction of sp³-hybridized carbons (Fsp3) is 0.474. The van der Waals surface area contributed by atoms with E-state index in [0.717, 1.165) is 44.2 Å². The molecule has 0 amide bonds. The largest absolute Gasteiger partial charge is 0.301 e. The van der Waals surface area contributed by atoms with Gasteiger partial charge in [0.2, 0.25) is 10.0 Å². The van der Waals surface area contributed by atoms with Crippen LogP contribution in [0.25, 0.3) is 0 Å². The lowest BCUT2D eigenvalue weighted by Crippen LogP contribution is -2.43. The predicted molar refractivity (Wildman–Crippen MR) is 113 cm³/mol. The first-order valence-electron chi connectivity index (χ1n) is 9.42. The number of H-pyrrole nitrogens is 1. The second kappa shape index (κ2) is 9.43. The molecule has 3 rings (SSSR count). The number of rotatable bonds is 7. The molecule has 1 aliphatic rings. The van der Waals surface area contributed by atoms with Crippen LogP contribution in [-0.4, -0.2) is 29.7 Å². The molecule has 1 saturated carbocycles. The average Bonchev–Trinajstić information content (AvgIpc) is 2.63. The van der Waals surface area contributed by atoms with Gasteiger partial charge in [-0.25, -0.2) is 18.1 Å². The van der Waals surface area contributed by atoms with Gasteiger partial charge in [-0.1, -0.05) is 49.5 Å². The topological polar surface area (TPSA) is 91.9 Å². The van der Waals surface area contributed by atoms with Crippen molar-refractivity contribution in [1.82, 2.24) is 14.7 Å². The zero-order chi connectivity index (χ0) is 20.1. The van der Waals surface area contributed by atoms with E-state index in [1.54, 1.807) is 12.1 Å². The Kier molecular flexibility index (Phi) is 7.20. The van der Waals surface area contributed by atoms with Crippen LogP contribution in [-0.2, 0) is 16.4 Å². The first-order valence-corrected chi connectivity index (χ1v) is 12.2. The number of halogens is 1. The quantitative estimate of drug-likeness (QED) is 0.638. The van der Waals surface area contributed by atoms with E-state index in [0.29, 0.717) is 10.2 Å². The number of nitrogens with zero attached hydrogens (tertiary/aromatic N) is 1. The Morgan fingerprint density at radius 2 is 1.96 bits per heavy atom. The highest BCUT2D eigenvalue weighted by Crippen LogP contribution is 2.33. The molecule has 0 unspecified atom stereocenters. The van der Waals surface area contributed by atoms with Crippen LogP contribution in [0, 0.1) is 0 Å². The Hall–Kier alpha value is -1.35. The van der Waals surface area contributed by atoms with Crippen molar-refractivity contribution in [2.45, 2.75) is 66.8 Å². The number of thioether (sulfide) groups is 1. The van der Waals surface area contributed by atoms with Crippen LogP contribution in [0.1, 0.15) is 44.7 Å². The van der Waals surface area contributed by atoms with Crippen molar-refractivity contribution < 1.29 is 8.42 Å². The Morgan fingerprint density at radius 3 is 2.68 bits per heavy atom. The maximum atomic E-state index is 12.8. The summed E-state index contributed by atoms with van der Waals surface area (Å²) in [6, 6.07) is 7.44. The third kappa shape index (κ3) is 5.59. The van der Waals surface area contributed by atoms with E-state index in [-0.39, 0.29) is 21.7 Å². The second-order valence-electron chi connectivity index (χ2n) is 6.91. The number of hydrogen-bond donors (Lipinski definition) is 2. The third-order valence-electron chi connectivity index (χ3n) is 4.68. The van der Waals surface area contributed by atoms with Gasteiger partial charge in [-0.3, -0.25) is 4.79 Å². The van der Waals surface area contributed by atoms with Crippen LogP contribution < -0.4 is 10.3 Å². The molecular weight excluding hydrogens is 418 g/mol.